The Morgan fingerprint density at radius 1 is 1.08 bits per heavy atom. The number of hydrogen-bond donors (Lipinski definition) is 1. The third-order valence-electron chi connectivity index (χ3n) is 3.74. The number of amides is 1. The molecule has 0 aliphatic rings. The van der Waals surface area contributed by atoms with Crippen molar-refractivity contribution in [1.29, 1.82) is 0 Å². The zero-order valence-corrected chi connectivity index (χ0v) is 14.7. The fourth-order valence-corrected chi connectivity index (χ4v) is 2.68. The molecule has 26 heavy (non-hydrogen) atoms. The summed E-state index contributed by atoms with van der Waals surface area (Å²) in [5, 5.41) is 10.6. The van der Waals surface area contributed by atoms with E-state index < -0.39 is 11.7 Å². The van der Waals surface area contributed by atoms with Gasteiger partial charge in [-0.15, -0.1) is 10.2 Å². The van der Waals surface area contributed by atoms with Gasteiger partial charge >= 0.3 is 0 Å². The molecule has 1 heterocycles. The van der Waals surface area contributed by atoms with Crippen molar-refractivity contribution in [1.82, 2.24) is 10.2 Å². The summed E-state index contributed by atoms with van der Waals surface area (Å²) in [6.07, 6.45) is 0. The minimum atomic E-state index is -0.692. The van der Waals surface area contributed by atoms with Crippen molar-refractivity contribution in [2.75, 3.05) is 17.3 Å². The molecular formula is C19H16ClFN4O. The summed E-state index contributed by atoms with van der Waals surface area (Å²) >= 11 is 5.89. The minimum Gasteiger partial charge on any atom is -0.354 e. The Labute approximate surface area is 155 Å². The standard InChI is InChI=1S/C19H16ClFN4O/c1-25(12-13-6-3-2-4-7-13)17-11-10-16(23-24-17)22-19(26)18-14(20)8-5-9-15(18)21/h2-11H,12H2,1H3,(H,22,23,26). The van der Waals surface area contributed by atoms with Crippen LogP contribution >= 0.6 is 11.6 Å². The highest BCUT2D eigenvalue weighted by molar-refractivity contribution is 6.34. The van der Waals surface area contributed by atoms with Crippen LogP contribution in [0.5, 0.6) is 0 Å². The molecule has 0 saturated heterocycles. The highest BCUT2D eigenvalue weighted by atomic mass is 35.5. The Balaban J connectivity index is 1.69. The van der Waals surface area contributed by atoms with Crippen molar-refractivity contribution >= 4 is 29.1 Å². The molecule has 1 N–H and O–H groups in total. The number of benzene rings is 2. The first-order valence-electron chi connectivity index (χ1n) is 7.89. The normalized spacial score (nSPS) is 10.4. The summed E-state index contributed by atoms with van der Waals surface area (Å²) in [7, 11) is 1.90. The summed E-state index contributed by atoms with van der Waals surface area (Å²) in [6, 6.07) is 17.4. The highest BCUT2D eigenvalue weighted by Crippen LogP contribution is 2.20. The van der Waals surface area contributed by atoms with E-state index in [9.17, 15) is 9.18 Å². The van der Waals surface area contributed by atoms with Gasteiger partial charge in [0.15, 0.2) is 11.6 Å². The first kappa shape index (κ1) is 17.8. The molecule has 2 aromatic carbocycles. The summed E-state index contributed by atoms with van der Waals surface area (Å²) in [5.74, 6) is -0.503. The first-order chi connectivity index (χ1) is 12.5. The summed E-state index contributed by atoms with van der Waals surface area (Å²) in [5.41, 5.74) is 0.921. The van der Waals surface area contributed by atoms with Gasteiger partial charge in [-0.05, 0) is 29.8 Å². The van der Waals surface area contributed by atoms with Crippen molar-refractivity contribution in [2.45, 2.75) is 6.54 Å². The molecule has 0 aliphatic heterocycles. The van der Waals surface area contributed by atoms with Gasteiger partial charge in [0.05, 0.1) is 10.6 Å². The summed E-state index contributed by atoms with van der Waals surface area (Å²) in [6.45, 7) is 0.673. The molecule has 132 valence electrons. The van der Waals surface area contributed by atoms with Gasteiger partial charge in [0.2, 0.25) is 0 Å². The molecule has 1 aromatic heterocycles. The van der Waals surface area contributed by atoms with E-state index in [0.717, 1.165) is 5.56 Å². The van der Waals surface area contributed by atoms with Crippen molar-refractivity contribution in [2.24, 2.45) is 0 Å². The molecule has 0 atom stereocenters. The van der Waals surface area contributed by atoms with Gasteiger partial charge in [-0.3, -0.25) is 4.79 Å². The molecule has 3 aromatic rings. The maximum atomic E-state index is 13.8. The zero-order chi connectivity index (χ0) is 18.5. The van der Waals surface area contributed by atoms with Crippen LogP contribution in [-0.4, -0.2) is 23.2 Å². The monoisotopic (exact) mass is 370 g/mol. The van der Waals surface area contributed by atoms with Crippen LogP contribution in [0.25, 0.3) is 0 Å². The number of carbonyl (C=O) groups excluding carboxylic acids is 1. The molecule has 5 nitrogen and oxygen atoms in total. The van der Waals surface area contributed by atoms with E-state index in [1.807, 2.05) is 42.3 Å². The Morgan fingerprint density at radius 3 is 2.50 bits per heavy atom. The van der Waals surface area contributed by atoms with Crippen LogP contribution in [0.1, 0.15) is 15.9 Å². The molecule has 3 rings (SSSR count). The van der Waals surface area contributed by atoms with Crippen LogP contribution in [-0.2, 0) is 6.54 Å². The molecular weight excluding hydrogens is 355 g/mol. The maximum absolute atomic E-state index is 13.8. The van der Waals surface area contributed by atoms with Crippen molar-refractivity contribution in [3.05, 3.63) is 82.6 Å². The molecule has 0 spiro atoms. The smallest absolute Gasteiger partial charge is 0.261 e. The van der Waals surface area contributed by atoms with Crippen molar-refractivity contribution in [3.8, 4) is 0 Å². The summed E-state index contributed by atoms with van der Waals surface area (Å²) < 4.78 is 13.8. The van der Waals surface area contributed by atoms with Gasteiger partial charge in [0, 0.05) is 13.6 Å². The predicted molar refractivity (Wildman–Crippen MR) is 99.9 cm³/mol. The van der Waals surface area contributed by atoms with Crippen LogP contribution in [0, 0.1) is 5.82 Å². The lowest BCUT2D eigenvalue weighted by molar-refractivity contribution is 0.102. The lowest BCUT2D eigenvalue weighted by atomic mass is 10.2. The number of carbonyl (C=O) groups is 1. The summed E-state index contributed by atoms with van der Waals surface area (Å²) in [4.78, 5) is 14.1. The second-order valence-electron chi connectivity index (χ2n) is 5.67. The maximum Gasteiger partial charge on any atom is 0.261 e. The van der Waals surface area contributed by atoms with Crippen LogP contribution < -0.4 is 10.2 Å². The average Bonchev–Trinajstić information content (AvgIpc) is 2.63. The number of nitrogens with zero attached hydrogens (tertiary/aromatic N) is 3. The van der Waals surface area contributed by atoms with E-state index in [-0.39, 0.29) is 16.4 Å². The third-order valence-corrected chi connectivity index (χ3v) is 4.05. The van der Waals surface area contributed by atoms with Gasteiger partial charge in [-0.25, -0.2) is 4.39 Å². The highest BCUT2D eigenvalue weighted by Gasteiger charge is 2.16. The second kappa shape index (κ2) is 7.93. The quantitative estimate of drug-likeness (QED) is 0.732. The van der Waals surface area contributed by atoms with Crippen LogP contribution in [0.2, 0.25) is 5.02 Å². The number of rotatable bonds is 5. The van der Waals surface area contributed by atoms with Gasteiger partial charge in [-0.1, -0.05) is 48.0 Å². The van der Waals surface area contributed by atoms with Crippen LogP contribution in [0.3, 0.4) is 0 Å². The number of nitrogens with one attached hydrogen (secondary N) is 1. The molecule has 0 radical (unpaired) electrons. The number of anilines is 2. The Kier molecular flexibility index (Phi) is 5.43. The number of halogens is 2. The molecule has 1 amide bonds. The molecule has 0 unspecified atom stereocenters. The molecule has 0 aliphatic carbocycles. The number of hydrogen-bond acceptors (Lipinski definition) is 4. The van der Waals surface area contributed by atoms with Gasteiger partial charge in [0.1, 0.15) is 5.82 Å². The van der Waals surface area contributed by atoms with E-state index in [1.165, 1.54) is 18.2 Å². The largest absolute Gasteiger partial charge is 0.354 e. The fraction of sp³-hybridized carbons (Fsp3) is 0.105. The van der Waals surface area contributed by atoms with E-state index >= 15 is 0 Å². The van der Waals surface area contributed by atoms with E-state index in [2.05, 4.69) is 15.5 Å². The Hall–Kier alpha value is -2.99. The molecule has 0 fully saturated rings. The SMILES string of the molecule is CN(Cc1ccccc1)c1ccc(NC(=O)c2c(F)cccc2Cl)nn1. The van der Waals surface area contributed by atoms with Crippen molar-refractivity contribution in [3.63, 3.8) is 0 Å². The number of aromatic nitrogens is 2. The van der Waals surface area contributed by atoms with Crippen LogP contribution in [0.4, 0.5) is 16.0 Å². The predicted octanol–water partition coefficient (Wildman–Crippen LogP) is 4.16. The van der Waals surface area contributed by atoms with E-state index in [0.29, 0.717) is 12.4 Å². The fourth-order valence-electron chi connectivity index (χ4n) is 2.43. The Morgan fingerprint density at radius 2 is 1.85 bits per heavy atom. The van der Waals surface area contributed by atoms with Gasteiger partial charge < -0.3 is 10.2 Å². The van der Waals surface area contributed by atoms with Crippen LogP contribution in [0.15, 0.2) is 60.7 Å². The second-order valence-corrected chi connectivity index (χ2v) is 6.08. The van der Waals surface area contributed by atoms with E-state index in [1.54, 1.807) is 12.1 Å². The van der Waals surface area contributed by atoms with Gasteiger partial charge in [-0.2, -0.15) is 0 Å². The van der Waals surface area contributed by atoms with Crippen molar-refractivity contribution < 1.29 is 9.18 Å². The molecule has 0 bridgehead atoms. The molecule has 0 saturated carbocycles. The van der Waals surface area contributed by atoms with Gasteiger partial charge in [0.25, 0.3) is 5.91 Å². The molecule has 7 heteroatoms. The Bertz CT molecular complexity index is 883. The average molecular weight is 371 g/mol. The van der Waals surface area contributed by atoms with E-state index in [4.69, 9.17) is 11.6 Å². The topological polar surface area (TPSA) is 58.1 Å². The lowest BCUT2D eigenvalue weighted by Gasteiger charge is -2.17. The third kappa shape index (κ3) is 4.15. The first-order valence-corrected chi connectivity index (χ1v) is 8.26. The minimum absolute atomic E-state index is 0.0367. The zero-order valence-electron chi connectivity index (χ0n) is 14.0. The lowest BCUT2D eigenvalue weighted by Crippen LogP contribution is -2.19.